The van der Waals surface area contributed by atoms with Crippen molar-refractivity contribution in [1.29, 1.82) is 0 Å². The van der Waals surface area contributed by atoms with Gasteiger partial charge in [-0.2, -0.15) is 0 Å². The van der Waals surface area contributed by atoms with E-state index in [0.29, 0.717) is 12.8 Å². The highest BCUT2D eigenvalue weighted by Crippen LogP contribution is 2.11. The highest BCUT2D eigenvalue weighted by Gasteiger charge is 2.12. The Kier molecular flexibility index (Phi) is 30.5. The summed E-state index contributed by atoms with van der Waals surface area (Å²) in [5.41, 5.74) is 0.790. The fourth-order valence-electron chi connectivity index (χ4n) is 3.25. The molecule has 2 N–H and O–H groups in total. The van der Waals surface area contributed by atoms with Crippen LogP contribution in [0.5, 0.6) is 0 Å². The van der Waals surface area contributed by atoms with Gasteiger partial charge in [0.25, 0.3) is 0 Å². The van der Waals surface area contributed by atoms with E-state index in [4.69, 9.17) is 10.2 Å². The second-order valence-corrected chi connectivity index (χ2v) is 11.4. The lowest BCUT2D eigenvalue weighted by molar-refractivity contribution is -0.158. The van der Waals surface area contributed by atoms with E-state index in [9.17, 15) is 38.4 Å². The quantitative estimate of drug-likeness (QED) is 0.0390. The molecule has 0 aromatic rings. The lowest BCUT2D eigenvalue weighted by Gasteiger charge is -2.04. The first-order chi connectivity index (χ1) is 22.8. The Morgan fingerprint density at radius 1 is 0.367 bits per heavy atom. The van der Waals surface area contributed by atoms with Gasteiger partial charge in [0.1, 0.15) is 0 Å². The first-order valence-corrected chi connectivity index (χ1v) is 16.1. The number of carbonyl (C=O) groups is 8. The topological polar surface area (TPSA) is 205 Å². The van der Waals surface area contributed by atoms with Crippen molar-refractivity contribution < 1.29 is 62.8 Å². The zero-order valence-electron chi connectivity index (χ0n) is 29.5. The van der Waals surface area contributed by atoms with Gasteiger partial charge < -0.3 is 24.4 Å². The van der Waals surface area contributed by atoms with Gasteiger partial charge in [-0.1, -0.05) is 77.7 Å². The zero-order valence-corrected chi connectivity index (χ0v) is 29.5. The second-order valence-electron chi connectivity index (χ2n) is 11.4. The largest absolute Gasteiger partial charge is 0.481 e. The van der Waals surface area contributed by atoms with E-state index in [0.717, 1.165) is 64.2 Å². The van der Waals surface area contributed by atoms with Crippen molar-refractivity contribution in [3.8, 4) is 0 Å². The molecule has 0 aromatic heterocycles. The second kappa shape index (κ2) is 30.6. The highest BCUT2D eigenvalue weighted by molar-refractivity contribution is 6.00. The van der Waals surface area contributed by atoms with Crippen LogP contribution in [0, 0.1) is 0 Å². The summed E-state index contributed by atoms with van der Waals surface area (Å²) in [6, 6.07) is 0. The maximum atomic E-state index is 11.3. The van der Waals surface area contributed by atoms with Crippen molar-refractivity contribution in [3.63, 3.8) is 0 Å². The number of hydrogen-bond acceptors (Lipinski definition) is 11. The molecule has 0 unspecified atom stereocenters. The van der Waals surface area contributed by atoms with E-state index >= 15 is 0 Å². The van der Waals surface area contributed by atoms with Crippen molar-refractivity contribution in [2.45, 2.75) is 130 Å². The average Bonchev–Trinajstić information content (AvgIpc) is 2.99. The molecule has 0 saturated carbocycles. The van der Waals surface area contributed by atoms with Crippen LogP contribution >= 0.6 is 0 Å². The summed E-state index contributed by atoms with van der Waals surface area (Å²) in [5, 5.41) is 16.7. The number of carboxylic acid groups (broad SMARTS) is 2. The molecular formula is C36H54O13. The molecule has 0 radical (unpaired) electrons. The van der Waals surface area contributed by atoms with Gasteiger partial charge in [-0.25, -0.2) is 19.2 Å². The molecule has 0 atom stereocenters. The normalized spacial score (nSPS) is 9.63. The molecule has 49 heavy (non-hydrogen) atoms. The number of rotatable bonds is 22. The Bertz CT molecular complexity index is 1090. The summed E-state index contributed by atoms with van der Waals surface area (Å²) in [6.45, 7) is 19.3. The minimum atomic E-state index is -0.740. The van der Waals surface area contributed by atoms with Crippen molar-refractivity contribution in [2.75, 3.05) is 0 Å². The summed E-state index contributed by atoms with van der Waals surface area (Å²) < 4.78 is 13.4. The van der Waals surface area contributed by atoms with Crippen LogP contribution in [0.2, 0.25) is 0 Å². The summed E-state index contributed by atoms with van der Waals surface area (Å²) in [7, 11) is 0. The smallest absolute Gasteiger partial charge is 0.340 e. The van der Waals surface area contributed by atoms with Gasteiger partial charge in [0.05, 0.1) is 0 Å². The predicted octanol–water partition coefficient (Wildman–Crippen LogP) is 6.88. The molecule has 0 amide bonds. The number of carboxylic acids is 2. The third-order valence-electron chi connectivity index (χ3n) is 6.04. The molecule has 0 aliphatic heterocycles. The fourth-order valence-corrected chi connectivity index (χ4v) is 3.25. The minimum Gasteiger partial charge on any atom is -0.481 e. The average molecular weight is 695 g/mol. The van der Waals surface area contributed by atoms with E-state index < -0.39 is 47.8 Å². The molecule has 0 aliphatic carbocycles. The highest BCUT2D eigenvalue weighted by atomic mass is 16.6. The van der Waals surface area contributed by atoms with Crippen molar-refractivity contribution in [2.24, 2.45) is 0 Å². The maximum absolute atomic E-state index is 11.3. The van der Waals surface area contributed by atoms with Gasteiger partial charge in [-0.15, -0.1) is 0 Å². The molecule has 0 saturated heterocycles. The zero-order chi connectivity index (χ0) is 38.4. The summed E-state index contributed by atoms with van der Waals surface area (Å²) in [5.74, 6) is -5.34. The van der Waals surface area contributed by atoms with Gasteiger partial charge in [0, 0.05) is 48.0 Å². The number of aliphatic carboxylic acids is 2. The molecule has 0 heterocycles. The van der Waals surface area contributed by atoms with Crippen LogP contribution in [0.15, 0.2) is 48.6 Å². The molecule has 0 spiro atoms. The number of hydrogen-bond donors (Lipinski definition) is 2. The molecule has 0 rings (SSSR count). The SMILES string of the molecule is C=C(C)C(=O)OC(=O)C(=C)C.C=C(C)C(=O)OC(=O)CCCCCCCCC(=O)OC(=O)C(=C)C.O=C(O)CCCCCCCCC(=O)O. The minimum absolute atomic E-state index is 0.194. The number of unbranched alkanes of at least 4 members (excludes halogenated alkanes) is 10. The van der Waals surface area contributed by atoms with E-state index in [1.165, 1.54) is 27.7 Å². The molecule has 0 aromatic carbocycles. The third kappa shape index (κ3) is 36.0. The Morgan fingerprint density at radius 3 is 0.796 bits per heavy atom. The molecule has 0 fully saturated rings. The standard InChI is InChI=1S/C18H26O6.C10H18O4.C8H10O3/c1-13(2)17(21)23-15(19)11-9-7-5-6-8-10-12-16(20)24-18(22)14(3)4;11-9(12)7-5-3-1-2-4-6-8-10(13)14;1-5(2)7(9)11-8(10)6(3)4/h1,3,5-12H2,2,4H3;1-8H2,(H,11,12)(H,13,14);1,3H2,2,4H3. The number of esters is 6. The van der Waals surface area contributed by atoms with Crippen LogP contribution in [0.3, 0.4) is 0 Å². The van der Waals surface area contributed by atoms with Crippen LogP contribution in [-0.2, 0) is 52.6 Å². The Labute approximate surface area is 289 Å². The number of carbonyl (C=O) groups excluding carboxylic acids is 6. The Balaban J connectivity index is -0.000000715. The third-order valence-corrected chi connectivity index (χ3v) is 6.04. The van der Waals surface area contributed by atoms with Gasteiger partial charge in [-0.05, 0) is 53.4 Å². The van der Waals surface area contributed by atoms with Crippen molar-refractivity contribution in [1.82, 2.24) is 0 Å². The van der Waals surface area contributed by atoms with Gasteiger partial charge in [0.2, 0.25) is 0 Å². The summed E-state index contributed by atoms with van der Waals surface area (Å²) in [6.07, 6.45) is 11.1. The van der Waals surface area contributed by atoms with E-state index in [-0.39, 0.29) is 48.0 Å². The van der Waals surface area contributed by atoms with Crippen LogP contribution in [0.1, 0.15) is 130 Å². The Hall–Kier alpha value is -4.68. The van der Waals surface area contributed by atoms with Crippen molar-refractivity contribution in [3.05, 3.63) is 48.6 Å². The van der Waals surface area contributed by atoms with E-state index in [2.05, 4.69) is 40.5 Å². The molecule has 0 aliphatic rings. The van der Waals surface area contributed by atoms with Crippen LogP contribution in [0.25, 0.3) is 0 Å². The van der Waals surface area contributed by atoms with Gasteiger partial charge in [-0.3, -0.25) is 19.2 Å². The van der Waals surface area contributed by atoms with Gasteiger partial charge in [0.15, 0.2) is 0 Å². The Morgan fingerprint density at radius 2 is 0.571 bits per heavy atom. The molecule has 0 bridgehead atoms. The lowest BCUT2D eigenvalue weighted by Crippen LogP contribution is -2.12. The molecule has 13 heteroatoms. The van der Waals surface area contributed by atoms with E-state index in [1.54, 1.807) is 0 Å². The first kappa shape index (κ1) is 48.7. The summed E-state index contributed by atoms with van der Waals surface area (Å²) >= 11 is 0. The predicted molar refractivity (Wildman–Crippen MR) is 182 cm³/mol. The van der Waals surface area contributed by atoms with Crippen LogP contribution in [0.4, 0.5) is 0 Å². The molecular weight excluding hydrogens is 640 g/mol. The maximum Gasteiger partial charge on any atom is 0.340 e. The van der Waals surface area contributed by atoms with Crippen LogP contribution in [-0.4, -0.2) is 58.0 Å². The summed E-state index contributed by atoms with van der Waals surface area (Å²) in [4.78, 5) is 86.5. The fraction of sp³-hybridized carbons (Fsp3) is 0.556. The first-order valence-electron chi connectivity index (χ1n) is 16.1. The molecule has 276 valence electrons. The monoisotopic (exact) mass is 694 g/mol. The van der Waals surface area contributed by atoms with Gasteiger partial charge >= 0.3 is 47.8 Å². The lowest BCUT2D eigenvalue weighted by atomic mass is 10.1. The molecule has 13 nitrogen and oxygen atoms in total. The van der Waals surface area contributed by atoms with Crippen molar-refractivity contribution >= 4 is 47.8 Å². The number of ether oxygens (including phenoxy) is 3. The van der Waals surface area contributed by atoms with E-state index in [1.807, 2.05) is 0 Å². The van der Waals surface area contributed by atoms with Crippen LogP contribution < -0.4 is 0 Å².